The molecule has 0 aliphatic rings. The van der Waals surface area contributed by atoms with Crippen molar-refractivity contribution in [2.24, 2.45) is 0 Å². The van der Waals surface area contributed by atoms with Gasteiger partial charge >= 0.3 is 12.1 Å². The predicted octanol–water partition coefficient (Wildman–Crippen LogP) is 4.76. The predicted molar refractivity (Wildman–Crippen MR) is 105 cm³/mol. The van der Waals surface area contributed by atoms with Gasteiger partial charge in [0.15, 0.2) is 0 Å². The lowest BCUT2D eigenvalue weighted by atomic mass is 10.0. The molecule has 0 unspecified atom stereocenters. The minimum atomic E-state index is -5.08. The highest BCUT2D eigenvalue weighted by Gasteiger charge is 2.38. The molecule has 0 radical (unpaired) electrons. The van der Waals surface area contributed by atoms with Crippen LogP contribution in [0.2, 0.25) is 0 Å². The molecule has 0 spiro atoms. The first-order chi connectivity index (χ1) is 15.1. The van der Waals surface area contributed by atoms with Crippen LogP contribution in [-0.2, 0) is 11.3 Å². The molecule has 4 rings (SSSR count). The molecule has 0 aliphatic carbocycles. The van der Waals surface area contributed by atoms with Crippen LogP contribution >= 0.6 is 0 Å². The zero-order valence-corrected chi connectivity index (χ0v) is 16.4. The van der Waals surface area contributed by atoms with Crippen LogP contribution in [0.1, 0.15) is 11.1 Å². The summed E-state index contributed by atoms with van der Waals surface area (Å²) in [6, 6.07) is 8.34. The first-order valence-corrected chi connectivity index (χ1v) is 9.03. The third kappa shape index (κ3) is 5.05. The summed E-state index contributed by atoms with van der Waals surface area (Å²) in [7, 11) is 0. The van der Waals surface area contributed by atoms with E-state index in [4.69, 9.17) is 9.90 Å². The summed E-state index contributed by atoms with van der Waals surface area (Å²) in [5.41, 5.74) is 3.40. The molecule has 0 bridgehead atoms. The number of fused-ring (bicyclic) bond motifs is 1. The van der Waals surface area contributed by atoms with Gasteiger partial charge in [-0.15, -0.1) is 0 Å². The minimum Gasteiger partial charge on any atom is -0.475 e. The van der Waals surface area contributed by atoms with Crippen molar-refractivity contribution in [3.63, 3.8) is 0 Å². The van der Waals surface area contributed by atoms with Gasteiger partial charge in [0.1, 0.15) is 17.2 Å². The van der Waals surface area contributed by atoms with E-state index >= 15 is 0 Å². The van der Waals surface area contributed by atoms with Gasteiger partial charge in [0.2, 0.25) is 0 Å². The van der Waals surface area contributed by atoms with E-state index in [9.17, 15) is 22.0 Å². The van der Waals surface area contributed by atoms with Crippen LogP contribution in [0.4, 0.5) is 22.0 Å². The van der Waals surface area contributed by atoms with Gasteiger partial charge < -0.3 is 5.11 Å². The van der Waals surface area contributed by atoms with Crippen molar-refractivity contribution in [1.82, 2.24) is 19.7 Å². The molecule has 1 N–H and O–H groups in total. The maximum Gasteiger partial charge on any atom is 0.490 e. The SMILES string of the molecule is Cc1c(F)ccc(-c2cnc3cnn(Cc4cccnc4)c3c2)c1F.O=C(O)C(F)(F)F. The Morgan fingerprint density at radius 2 is 1.84 bits per heavy atom. The molecule has 3 aromatic heterocycles. The number of nitrogens with zero attached hydrogens (tertiary/aromatic N) is 4. The van der Waals surface area contributed by atoms with Crippen LogP contribution in [0.25, 0.3) is 22.2 Å². The van der Waals surface area contributed by atoms with Crippen molar-refractivity contribution in [3.8, 4) is 11.1 Å². The topological polar surface area (TPSA) is 80.9 Å². The molecule has 0 amide bonds. The number of halogens is 5. The molecule has 166 valence electrons. The summed E-state index contributed by atoms with van der Waals surface area (Å²) < 4.78 is 61.5. The van der Waals surface area contributed by atoms with E-state index < -0.39 is 23.8 Å². The zero-order valence-electron chi connectivity index (χ0n) is 16.4. The molecule has 4 aromatic rings. The van der Waals surface area contributed by atoms with Crippen molar-refractivity contribution >= 4 is 17.0 Å². The molecule has 0 aliphatic heterocycles. The quantitative estimate of drug-likeness (QED) is 0.455. The summed E-state index contributed by atoms with van der Waals surface area (Å²) in [6.07, 6.45) is 1.65. The van der Waals surface area contributed by atoms with Crippen LogP contribution in [0.3, 0.4) is 0 Å². The number of hydrogen-bond donors (Lipinski definition) is 1. The van der Waals surface area contributed by atoms with Crippen molar-refractivity contribution in [1.29, 1.82) is 0 Å². The number of rotatable bonds is 3. The van der Waals surface area contributed by atoms with E-state index in [1.54, 1.807) is 29.5 Å². The second-order valence-electron chi connectivity index (χ2n) is 6.63. The van der Waals surface area contributed by atoms with E-state index in [0.29, 0.717) is 23.2 Å². The Kier molecular flexibility index (Phi) is 6.47. The van der Waals surface area contributed by atoms with Gasteiger partial charge in [-0.25, -0.2) is 13.6 Å². The number of carboxylic acids is 1. The minimum absolute atomic E-state index is 0.00136. The third-order valence-electron chi connectivity index (χ3n) is 4.42. The lowest BCUT2D eigenvalue weighted by molar-refractivity contribution is -0.192. The number of aromatic nitrogens is 4. The number of pyridine rings is 2. The molecule has 0 saturated heterocycles. The highest BCUT2D eigenvalue weighted by molar-refractivity contribution is 5.80. The molecule has 0 atom stereocenters. The van der Waals surface area contributed by atoms with Crippen molar-refractivity contribution in [3.05, 3.63) is 77.9 Å². The van der Waals surface area contributed by atoms with Crippen LogP contribution in [-0.4, -0.2) is 37.0 Å². The average molecular weight is 450 g/mol. The van der Waals surface area contributed by atoms with Crippen LogP contribution in [0.15, 0.2) is 55.1 Å². The number of carboxylic acid groups (broad SMARTS) is 1. The van der Waals surface area contributed by atoms with Gasteiger partial charge in [-0.2, -0.15) is 18.3 Å². The molecule has 0 saturated carbocycles. The smallest absolute Gasteiger partial charge is 0.475 e. The van der Waals surface area contributed by atoms with Crippen molar-refractivity contribution < 1.29 is 31.9 Å². The average Bonchev–Trinajstić information content (AvgIpc) is 3.15. The molecule has 11 heteroatoms. The Morgan fingerprint density at radius 3 is 2.47 bits per heavy atom. The first-order valence-electron chi connectivity index (χ1n) is 9.03. The highest BCUT2D eigenvalue weighted by atomic mass is 19.4. The Labute approximate surface area is 178 Å². The number of carbonyl (C=O) groups is 1. The van der Waals surface area contributed by atoms with Gasteiger partial charge in [0, 0.05) is 35.3 Å². The summed E-state index contributed by atoms with van der Waals surface area (Å²) in [5.74, 6) is -3.89. The van der Waals surface area contributed by atoms with Crippen LogP contribution in [0, 0.1) is 18.6 Å². The van der Waals surface area contributed by atoms with E-state index in [-0.39, 0.29) is 5.56 Å². The Hall–Kier alpha value is -3.89. The number of benzene rings is 1. The van der Waals surface area contributed by atoms with E-state index in [2.05, 4.69) is 15.1 Å². The van der Waals surface area contributed by atoms with Crippen molar-refractivity contribution in [2.45, 2.75) is 19.6 Å². The van der Waals surface area contributed by atoms with Gasteiger partial charge in [0.25, 0.3) is 0 Å². The summed E-state index contributed by atoms with van der Waals surface area (Å²) in [5, 5.41) is 11.5. The molecule has 6 nitrogen and oxygen atoms in total. The Morgan fingerprint density at radius 1 is 1.12 bits per heavy atom. The molecular formula is C21H15F5N4O2. The molecule has 1 aromatic carbocycles. The Bertz CT molecular complexity index is 1260. The monoisotopic (exact) mass is 450 g/mol. The van der Waals surface area contributed by atoms with Crippen LogP contribution < -0.4 is 0 Å². The fraction of sp³-hybridized carbons (Fsp3) is 0.143. The fourth-order valence-corrected chi connectivity index (χ4v) is 2.78. The van der Waals surface area contributed by atoms with Crippen molar-refractivity contribution in [2.75, 3.05) is 0 Å². The number of alkyl halides is 3. The largest absolute Gasteiger partial charge is 0.490 e. The summed E-state index contributed by atoms with van der Waals surface area (Å²) >= 11 is 0. The van der Waals surface area contributed by atoms with E-state index in [1.807, 2.05) is 18.2 Å². The fourth-order valence-electron chi connectivity index (χ4n) is 2.78. The van der Waals surface area contributed by atoms with Gasteiger partial charge in [-0.1, -0.05) is 6.07 Å². The summed E-state index contributed by atoms with van der Waals surface area (Å²) in [6.45, 7) is 1.96. The maximum atomic E-state index is 14.4. The van der Waals surface area contributed by atoms with Gasteiger partial charge in [-0.05, 0) is 36.8 Å². The highest BCUT2D eigenvalue weighted by Crippen LogP contribution is 2.28. The number of aliphatic carboxylic acids is 1. The lowest BCUT2D eigenvalue weighted by Gasteiger charge is -2.08. The standard InChI is InChI=1S/C19H14F2N4.C2HF3O2/c1-12-16(20)5-4-15(19(12)21)14-7-18-17(23-9-14)10-24-25(18)11-13-3-2-6-22-8-13;3-2(4,5)1(6)7/h2-10H,11H2,1H3;(H,6,7). The number of hydrogen-bond acceptors (Lipinski definition) is 4. The van der Waals surface area contributed by atoms with Gasteiger partial charge in [-0.3, -0.25) is 14.6 Å². The normalized spacial score (nSPS) is 11.2. The first kappa shape index (κ1) is 22.8. The van der Waals surface area contributed by atoms with E-state index in [0.717, 1.165) is 11.1 Å². The zero-order chi connectivity index (χ0) is 23.5. The van der Waals surface area contributed by atoms with Crippen LogP contribution in [0.5, 0.6) is 0 Å². The Balaban J connectivity index is 0.000000360. The molecule has 32 heavy (non-hydrogen) atoms. The third-order valence-corrected chi connectivity index (χ3v) is 4.42. The van der Waals surface area contributed by atoms with Gasteiger partial charge in [0.05, 0.1) is 18.3 Å². The molecular weight excluding hydrogens is 435 g/mol. The molecule has 3 heterocycles. The summed E-state index contributed by atoms with van der Waals surface area (Å²) in [4.78, 5) is 17.3. The lowest BCUT2D eigenvalue weighted by Crippen LogP contribution is -2.21. The second kappa shape index (κ2) is 9.08. The maximum absolute atomic E-state index is 14.4. The second-order valence-corrected chi connectivity index (χ2v) is 6.63. The molecule has 0 fully saturated rings. The van der Waals surface area contributed by atoms with E-state index in [1.165, 1.54) is 19.1 Å².